The molecule has 3 aromatic rings. The predicted octanol–water partition coefficient (Wildman–Crippen LogP) is 26.2. The van der Waals surface area contributed by atoms with Gasteiger partial charge in [-0.1, -0.05) is 165 Å². The Bertz CT molecular complexity index is 2930. The van der Waals surface area contributed by atoms with Gasteiger partial charge in [0.1, 0.15) is 23.0 Å². The van der Waals surface area contributed by atoms with E-state index in [0.717, 1.165) is 127 Å². The summed E-state index contributed by atoms with van der Waals surface area (Å²) in [6, 6.07) is 12.8. The summed E-state index contributed by atoms with van der Waals surface area (Å²) in [6.45, 7) is 2.08. The van der Waals surface area contributed by atoms with Crippen molar-refractivity contribution in [1.29, 1.82) is 0 Å². The molecule has 38 heteroatoms. The van der Waals surface area contributed by atoms with Crippen molar-refractivity contribution < 1.29 is 168 Å². The van der Waals surface area contributed by atoms with Gasteiger partial charge in [-0.05, 0) is 73.2 Å². The highest BCUT2D eigenvalue weighted by Crippen LogP contribution is 2.66. The normalized spacial score (nSPS) is 14.5. The van der Waals surface area contributed by atoms with Crippen LogP contribution in [0.3, 0.4) is 0 Å². The maximum Gasteiger partial charge on any atom is 0.460 e. The molecule has 0 aliphatic carbocycles. The lowest BCUT2D eigenvalue weighted by Crippen LogP contribution is -2.74. The van der Waals surface area contributed by atoms with Crippen LogP contribution in [0.4, 0.5) is 149 Å². The average Bonchev–Trinajstić information content (AvgIpc) is 0.702. The first-order valence-electron chi connectivity index (χ1n) is 32.1. The van der Waals surface area contributed by atoms with E-state index in [1.807, 2.05) is 0 Å². The van der Waals surface area contributed by atoms with Crippen LogP contribution >= 0.6 is 0 Å². The number of halogens is 34. The summed E-state index contributed by atoms with van der Waals surface area (Å²) in [4.78, 5) is 0. The summed E-state index contributed by atoms with van der Waals surface area (Å²) in [5.74, 6) is -115. The predicted molar refractivity (Wildman–Crippen MR) is 313 cm³/mol. The molecule has 0 unspecified atom stereocenters. The zero-order valence-electron chi connectivity index (χ0n) is 55.0. The van der Waals surface area contributed by atoms with Gasteiger partial charge in [0.25, 0.3) is 0 Å². The van der Waals surface area contributed by atoms with Crippen LogP contribution in [0.1, 0.15) is 177 Å². The molecule has 3 aromatic carbocycles. The van der Waals surface area contributed by atoms with Crippen LogP contribution in [0.25, 0.3) is 24.3 Å². The summed E-state index contributed by atoms with van der Waals surface area (Å²) in [5.41, 5.74) is 1.37. The standard InChI is InChI=1S/C66H72F34O4/c1-3-5-7-9-11-13-15-17-19-37-103-49-41-46(30-24-44-27-33-48(34-28-44)102-40-22-36-52(69,70)54(73,74)56(77,78)58(81,82)60(85,86)62(89,90)64(93,94)66(98,99)100)50(104-38-20-18-16-14-12-10-8-6-4-2)42-45(49)29-23-43-25-31-47(32-26-43)101-39-21-35-51(67,68)53(71,72)55(75,76)57(79,80)59(83,84)61(87,88)63(91,92)65(95,96)97/h23-34,41-42H,3-22,35-40H2,1-2H3/b29-23+,30-24+. The molecule has 598 valence electrons. The van der Waals surface area contributed by atoms with Crippen LogP contribution in [-0.4, -0.2) is 122 Å². The first-order valence-corrected chi connectivity index (χ1v) is 32.1. The Hall–Kier alpha value is -6.04. The Morgan fingerprint density at radius 2 is 0.462 bits per heavy atom. The minimum Gasteiger partial charge on any atom is -0.494 e. The van der Waals surface area contributed by atoms with Crippen molar-refractivity contribution in [3.8, 4) is 23.0 Å². The highest BCUT2D eigenvalue weighted by atomic mass is 19.4. The third kappa shape index (κ3) is 20.4. The molecule has 0 amide bonds. The summed E-state index contributed by atoms with van der Waals surface area (Å²) >= 11 is 0. The second-order valence-electron chi connectivity index (χ2n) is 24.3. The molecule has 0 aliphatic heterocycles. The Kier molecular flexibility index (Phi) is 31.7. The monoisotopic (exact) mass is 1570 g/mol. The summed E-state index contributed by atoms with van der Waals surface area (Å²) in [7, 11) is 0. The number of hydrogen-bond acceptors (Lipinski definition) is 4. The van der Waals surface area contributed by atoms with Crippen LogP contribution in [0, 0.1) is 0 Å². The Morgan fingerprint density at radius 1 is 0.240 bits per heavy atom. The van der Waals surface area contributed by atoms with Gasteiger partial charge < -0.3 is 18.9 Å². The molecule has 4 nitrogen and oxygen atoms in total. The number of unbranched alkanes of at least 4 members (excludes halogenated alkanes) is 16. The fourth-order valence-corrected chi connectivity index (χ4v) is 9.69. The molecule has 0 heterocycles. The second-order valence-corrected chi connectivity index (χ2v) is 24.3. The van der Waals surface area contributed by atoms with E-state index in [-0.39, 0.29) is 36.2 Å². The number of hydrogen-bond donors (Lipinski definition) is 0. The molecular weight excluding hydrogens is 1500 g/mol. The van der Waals surface area contributed by atoms with E-state index < -0.39 is 134 Å². The molecular formula is C66H72F34O4. The smallest absolute Gasteiger partial charge is 0.460 e. The first-order chi connectivity index (χ1) is 47.5. The van der Waals surface area contributed by atoms with E-state index in [1.165, 1.54) is 48.6 Å². The highest BCUT2D eigenvalue weighted by molar-refractivity contribution is 5.79. The topological polar surface area (TPSA) is 36.9 Å². The van der Waals surface area contributed by atoms with Crippen molar-refractivity contribution in [2.45, 2.75) is 250 Å². The molecule has 0 fully saturated rings. The highest BCUT2D eigenvalue weighted by Gasteiger charge is 2.97. The molecule has 0 aromatic heterocycles. The number of benzene rings is 3. The summed E-state index contributed by atoms with van der Waals surface area (Å²) in [5, 5.41) is 0. The molecule has 0 bridgehead atoms. The van der Waals surface area contributed by atoms with Gasteiger partial charge in [0.15, 0.2) is 0 Å². The SMILES string of the molecule is CCCCCCCCCCCOc1cc(/C=C/c2ccc(OCCCC(F)(F)C(F)(F)C(F)(F)C(F)(F)C(F)(F)C(F)(F)C(F)(F)C(F)(F)F)cc2)c(OCCCCCCCCCCC)cc1/C=C/c1ccc(OCCCC(F)(F)C(F)(F)C(F)(F)C(F)(F)C(F)(F)C(F)(F)C(F)(F)C(F)(F)F)cc1. The van der Waals surface area contributed by atoms with Crippen LogP contribution in [0.2, 0.25) is 0 Å². The summed E-state index contributed by atoms with van der Waals surface area (Å²) < 4.78 is 490. The van der Waals surface area contributed by atoms with Crippen LogP contribution in [0.15, 0.2) is 60.7 Å². The molecule has 0 radical (unpaired) electrons. The zero-order valence-corrected chi connectivity index (χ0v) is 55.0. The molecule has 0 N–H and O–H groups in total. The van der Waals surface area contributed by atoms with E-state index in [2.05, 4.69) is 13.8 Å². The van der Waals surface area contributed by atoms with E-state index >= 15 is 0 Å². The number of alkyl halides is 34. The Balaban J connectivity index is 1.92. The van der Waals surface area contributed by atoms with Gasteiger partial charge in [-0.3, -0.25) is 0 Å². The van der Waals surface area contributed by atoms with Gasteiger partial charge >= 0.3 is 95.3 Å². The maximum atomic E-state index is 14.5. The van der Waals surface area contributed by atoms with Crippen LogP contribution < -0.4 is 18.9 Å². The van der Waals surface area contributed by atoms with Gasteiger partial charge in [0, 0.05) is 24.0 Å². The van der Waals surface area contributed by atoms with Gasteiger partial charge in [0.2, 0.25) is 0 Å². The summed E-state index contributed by atoms with van der Waals surface area (Å²) in [6.07, 6.45) is -1.44. The lowest BCUT2D eigenvalue weighted by atomic mass is 9.88. The fourth-order valence-electron chi connectivity index (χ4n) is 9.69. The molecule has 3 rings (SSSR count). The second kappa shape index (κ2) is 35.8. The van der Waals surface area contributed by atoms with Crippen molar-refractivity contribution in [1.82, 2.24) is 0 Å². The molecule has 0 atom stereocenters. The first kappa shape index (κ1) is 92.2. The fraction of sp³-hybridized carbons (Fsp3) is 0.667. The Morgan fingerprint density at radius 3 is 0.712 bits per heavy atom. The van der Waals surface area contributed by atoms with E-state index in [0.29, 0.717) is 35.1 Å². The van der Waals surface area contributed by atoms with E-state index in [4.69, 9.17) is 18.9 Å². The van der Waals surface area contributed by atoms with Gasteiger partial charge in [-0.15, -0.1) is 0 Å². The van der Waals surface area contributed by atoms with E-state index in [9.17, 15) is 149 Å². The largest absolute Gasteiger partial charge is 0.494 e. The Labute approximate surface area is 574 Å². The number of ether oxygens (including phenoxy) is 4. The average molecular weight is 1580 g/mol. The van der Waals surface area contributed by atoms with Crippen LogP contribution in [0.5, 0.6) is 23.0 Å². The number of rotatable bonds is 48. The lowest BCUT2D eigenvalue weighted by molar-refractivity contribution is -0.461. The van der Waals surface area contributed by atoms with Crippen molar-refractivity contribution in [3.63, 3.8) is 0 Å². The third-order valence-corrected chi connectivity index (χ3v) is 16.2. The quantitative estimate of drug-likeness (QED) is 0.0321. The van der Waals surface area contributed by atoms with Gasteiger partial charge in [0.05, 0.1) is 26.4 Å². The molecule has 0 saturated carbocycles. The minimum absolute atomic E-state index is 0.160. The van der Waals surface area contributed by atoms with Gasteiger partial charge in [-0.25, -0.2) is 0 Å². The molecule has 0 spiro atoms. The van der Waals surface area contributed by atoms with Gasteiger partial charge in [-0.2, -0.15) is 149 Å². The molecule has 0 saturated heterocycles. The van der Waals surface area contributed by atoms with Crippen molar-refractivity contribution in [3.05, 3.63) is 82.9 Å². The van der Waals surface area contributed by atoms with E-state index in [1.54, 1.807) is 12.1 Å². The van der Waals surface area contributed by atoms with Crippen molar-refractivity contribution in [2.75, 3.05) is 26.4 Å². The minimum atomic E-state index is -8.76. The van der Waals surface area contributed by atoms with Crippen molar-refractivity contribution >= 4 is 24.3 Å². The van der Waals surface area contributed by atoms with Crippen molar-refractivity contribution in [2.24, 2.45) is 0 Å². The molecule has 104 heavy (non-hydrogen) atoms. The lowest BCUT2D eigenvalue weighted by Gasteiger charge is -2.42. The zero-order chi connectivity index (χ0) is 79.7. The molecule has 0 aliphatic rings. The van der Waals surface area contributed by atoms with Crippen LogP contribution in [-0.2, 0) is 0 Å². The third-order valence-electron chi connectivity index (χ3n) is 16.2. The maximum absolute atomic E-state index is 14.5.